The molecule has 2 fully saturated rings. The summed E-state index contributed by atoms with van der Waals surface area (Å²) in [5, 5.41) is 2.83. The number of benzene rings is 1. The molecule has 2 atom stereocenters. The van der Waals surface area contributed by atoms with Crippen LogP contribution < -0.4 is 5.32 Å². The molecule has 0 bridgehead atoms. The topological polar surface area (TPSA) is 69.7 Å². The number of fused-ring (bicyclic) bond motifs is 1. The average Bonchev–Trinajstić information content (AvgIpc) is 3.34. The second kappa shape index (κ2) is 6.11. The van der Waals surface area contributed by atoms with Gasteiger partial charge in [-0.05, 0) is 62.6 Å². The van der Waals surface area contributed by atoms with Crippen LogP contribution in [0.1, 0.15) is 49.8 Å². The summed E-state index contributed by atoms with van der Waals surface area (Å²) >= 11 is 0. The SMILES string of the molecule is C[C@@H](C(=O)N1CCCC1)N1C(=O)N[C@@](C)(c2ccc3c(c2)CCC3)C1=O. The fourth-order valence-corrected chi connectivity index (χ4v) is 4.40. The highest BCUT2D eigenvalue weighted by Crippen LogP contribution is 2.33. The van der Waals surface area contributed by atoms with Gasteiger partial charge in [-0.2, -0.15) is 0 Å². The molecule has 26 heavy (non-hydrogen) atoms. The molecule has 0 unspecified atom stereocenters. The Morgan fingerprint density at radius 2 is 1.81 bits per heavy atom. The molecule has 1 aliphatic carbocycles. The van der Waals surface area contributed by atoms with Gasteiger partial charge >= 0.3 is 6.03 Å². The van der Waals surface area contributed by atoms with Crippen molar-refractivity contribution in [3.63, 3.8) is 0 Å². The van der Waals surface area contributed by atoms with E-state index in [0.717, 1.165) is 42.6 Å². The molecule has 3 aliphatic rings. The van der Waals surface area contributed by atoms with E-state index in [-0.39, 0.29) is 11.8 Å². The molecule has 2 heterocycles. The third-order valence-electron chi connectivity index (χ3n) is 6.06. The fourth-order valence-electron chi connectivity index (χ4n) is 4.40. The minimum absolute atomic E-state index is 0.149. The van der Waals surface area contributed by atoms with Gasteiger partial charge in [-0.15, -0.1) is 0 Å². The van der Waals surface area contributed by atoms with Crippen LogP contribution in [0.15, 0.2) is 18.2 Å². The van der Waals surface area contributed by atoms with Crippen molar-refractivity contribution in [3.8, 4) is 0 Å². The molecule has 138 valence electrons. The quantitative estimate of drug-likeness (QED) is 0.843. The number of hydrogen-bond donors (Lipinski definition) is 1. The van der Waals surface area contributed by atoms with Crippen LogP contribution >= 0.6 is 0 Å². The van der Waals surface area contributed by atoms with Gasteiger partial charge in [0, 0.05) is 13.1 Å². The summed E-state index contributed by atoms with van der Waals surface area (Å²) in [6, 6.07) is 4.76. The lowest BCUT2D eigenvalue weighted by Crippen LogP contribution is -2.50. The van der Waals surface area contributed by atoms with Gasteiger partial charge in [0.2, 0.25) is 5.91 Å². The molecule has 6 nitrogen and oxygen atoms in total. The molecular formula is C20H25N3O3. The number of hydrogen-bond acceptors (Lipinski definition) is 3. The van der Waals surface area contributed by atoms with E-state index < -0.39 is 17.6 Å². The van der Waals surface area contributed by atoms with E-state index in [4.69, 9.17) is 0 Å². The molecule has 1 aromatic carbocycles. The first kappa shape index (κ1) is 17.1. The minimum Gasteiger partial charge on any atom is -0.341 e. The van der Waals surface area contributed by atoms with E-state index in [0.29, 0.717) is 13.1 Å². The molecule has 0 spiro atoms. The Balaban J connectivity index is 1.61. The van der Waals surface area contributed by atoms with Crippen LogP contribution in [0.5, 0.6) is 0 Å². The van der Waals surface area contributed by atoms with Crippen LogP contribution in [0.3, 0.4) is 0 Å². The highest BCUT2D eigenvalue weighted by atomic mass is 16.2. The first-order valence-corrected chi connectivity index (χ1v) is 9.49. The van der Waals surface area contributed by atoms with Crippen molar-refractivity contribution >= 4 is 17.8 Å². The lowest BCUT2D eigenvalue weighted by atomic mass is 9.89. The summed E-state index contributed by atoms with van der Waals surface area (Å²) in [7, 11) is 0. The lowest BCUT2D eigenvalue weighted by Gasteiger charge is -2.27. The Bertz CT molecular complexity index is 785. The fraction of sp³-hybridized carbons (Fsp3) is 0.550. The third-order valence-corrected chi connectivity index (χ3v) is 6.06. The van der Waals surface area contributed by atoms with Crippen molar-refractivity contribution in [2.75, 3.05) is 13.1 Å². The van der Waals surface area contributed by atoms with Crippen LogP contribution in [-0.2, 0) is 28.0 Å². The molecule has 4 rings (SSSR count). The first-order chi connectivity index (χ1) is 12.4. The van der Waals surface area contributed by atoms with E-state index in [1.165, 1.54) is 11.1 Å². The summed E-state index contributed by atoms with van der Waals surface area (Å²) in [5.74, 6) is -0.496. The standard InChI is InChI=1S/C20H25N3O3/c1-13(17(24)22-10-3-4-11-22)23-18(25)20(2,21-19(23)26)16-9-8-14-6-5-7-15(14)12-16/h8-9,12-13H,3-7,10-11H2,1-2H3,(H,21,26)/t13-,20-/m0/s1. The Hall–Kier alpha value is -2.37. The summed E-state index contributed by atoms with van der Waals surface area (Å²) in [6.45, 7) is 4.79. The molecule has 1 aromatic rings. The Labute approximate surface area is 153 Å². The number of likely N-dealkylation sites (tertiary alicyclic amines) is 1. The van der Waals surface area contributed by atoms with Crippen LogP contribution in [-0.4, -0.2) is 46.8 Å². The maximum atomic E-state index is 13.2. The molecule has 0 saturated carbocycles. The molecule has 4 amide bonds. The van der Waals surface area contributed by atoms with E-state index in [1.54, 1.807) is 18.7 Å². The summed E-state index contributed by atoms with van der Waals surface area (Å²) in [4.78, 5) is 41.3. The largest absolute Gasteiger partial charge is 0.341 e. The number of rotatable bonds is 3. The Kier molecular flexibility index (Phi) is 4.01. The van der Waals surface area contributed by atoms with Crippen molar-refractivity contribution < 1.29 is 14.4 Å². The minimum atomic E-state index is -1.12. The zero-order valence-electron chi connectivity index (χ0n) is 15.4. The van der Waals surface area contributed by atoms with E-state index in [2.05, 4.69) is 11.4 Å². The van der Waals surface area contributed by atoms with Crippen LogP contribution in [0, 0.1) is 0 Å². The van der Waals surface area contributed by atoms with Gasteiger partial charge in [-0.1, -0.05) is 18.2 Å². The van der Waals surface area contributed by atoms with Gasteiger partial charge in [0.1, 0.15) is 11.6 Å². The summed E-state index contributed by atoms with van der Waals surface area (Å²) in [6.07, 6.45) is 5.16. The summed E-state index contributed by atoms with van der Waals surface area (Å²) < 4.78 is 0. The van der Waals surface area contributed by atoms with E-state index >= 15 is 0 Å². The van der Waals surface area contributed by atoms with Crippen LogP contribution in [0.2, 0.25) is 0 Å². The maximum absolute atomic E-state index is 13.2. The first-order valence-electron chi connectivity index (χ1n) is 9.49. The molecule has 0 aromatic heterocycles. The number of nitrogens with one attached hydrogen (secondary N) is 1. The number of carbonyl (C=O) groups is 3. The zero-order chi connectivity index (χ0) is 18.5. The summed E-state index contributed by atoms with van der Waals surface area (Å²) in [5.41, 5.74) is 2.25. The molecule has 1 N–H and O–H groups in total. The monoisotopic (exact) mass is 355 g/mol. The van der Waals surface area contributed by atoms with Gasteiger partial charge in [-0.25, -0.2) is 9.69 Å². The second-order valence-electron chi connectivity index (χ2n) is 7.78. The number of aryl methyl sites for hydroxylation is 2. The van der Waals surface area contributed by atoms with Crippen LogP contribution in [0.4, 0.5) is 4.79 Å². The van der Waals surface area contributed by atoms with Crippen molar-refractivity contribution in [2.24, 2.45) is 0 Å². The second-order valence-corrected chi connectivity index (χ2v) is 7.78. The Morgan fingerprint density at radius 1 is 1.12 bits per heavy atom. The van der Waals surface area contributed by atoms with Gasteiger partial charge in [-0.3, -0.25) is 9.59 Å². The number of imide groups is 1. The normalized spacial score (nSPS) is 26.2. The lowest BCUT2D eigenvalue weighted by molar-refractivity contribution is -0.142. The number of urea groups is 1. The van der Waals surface area contributed by atoms with Crippen molar-refractivity contribution in [1.29, 1.82) is 0 Å². The predicted molar refractivity (Wildman–Crippen MR) is 96.5 cm³/mol. The van der Waals surface area contributed by atoms with Crippen molar-refractivity contribution in [1.82, 2.24) is 15.1 Å². The van der Waals surface area contributed by atoms with Gasteiger partial charge in [0.05, 0.1) is 0 Å². The van der Waals surface area contributed by atoms with Crippen molar-refractivity contribution in [2.45, 2.75) is 57.5 Å². The van der Waals surface area contributed by atoms with E-state index in [1.807, 2.05) is 12.1 Å². The molecule has 2 saturated heterocycles. The van der Waals surface area contributed by atoms with E-state index in [9.17, 15) is 14.4 Å². The Morgan fingerprint density at radius 3 is 2.54 bits per heavy atom. The average molecular weight is 355 g/mol. The van der Waals surface area contributed by atoms with Gasteiger partial charge in [0.15, 0.2) is 0 Å². The van der Waals surface area contributed by atoms with Crippen LogP contribution in [0.25, 0.3) is 0 Å². The molecule has 0 radical (unpaired) electrons. The molecule has 6 heteroatoms. The highest BCUT2D eigenvalue weighted by molar-refractivity contribution is 6.10. The highest BCUT2D eigenvalue weighted by Gasteiger charge is 2.52. The molecular weight excluding hydrogens is 330 g/mol. The smallest absolute Gasteiger partial charge is 0.326 e. The third kappa shape index (κ3) is 2.50. The van der Waals surface area contributed by atoms with Gasteiger partial charge < -0.3 is 10.2 Å². The van der Waals surface area contributed by atoms with Crippen molar-refractivity contribution in [3.05, 3.63) is 34.9 Å². The maximum Gasteiger partial charge on any atom is 0.326 e. The molecule has 2 aliphatic heterocycles. The van der Waals surface area contributed by atoms with Gasteiger partial charge in [0.25, 0.3) is 5.91 Å². The number of nitrogens with zero attached hydrogens (tertiary/aromatic N) is 2. The number of amides is 4. The number of carbonyl (C=O) groups excluding carboxylic acids is 3. The zero-order valence-corrected chi connectivity index (χ0v) is 15.4. The predicted octanol–water partition coefficient (Wildman–Crippen LogP) is 1.95.